The SMILES string of the molecule is CSC(=S)NN=Cc1c(CO)cnc(C)c1[OH2+].[Cu+2]. The van der Waals surface area contributed by atoms with Gasteiger partial charge in [0.05, 0.1) is 18.4 Å². The first-order valence-corrected chi connectivity index (χ1v) is 6.41. The molecule has 0 aliphatic heterocycles. The number of hydrazone groups is 1. The van der Waals surface area contributed by atoms with E-state index < -0.39 is 0 Å². The number of thiocarbonyl (C=S) groups is 1. The molecule has 4 N–H and O–H groups in total. The number of pyridine rings is 1. The van der Waals surface area contributed by atoms with Gasteiger partial charge in [0.2, 0.25) is 0 Å². The summed E-state index contributed by atoms with van der Waals surface area (Å²) in [6.45, 7) is 1.56. The maximum atomic E-state index is 9.15. The summed E-state index contributed by atoms with van der Waals surface area (Å²) in [6.07, 6.45) is 4.86. The molecule has 18 heavy (non-hydrogen) atoms. The van der Waals surface area contributed by atoms with Crippen LogP contribution in [-0.2, 0) is 23.7 Å². The van der Waals surface area contributed by atoms with Gasteiger partial charge < -0.3 is 10.2 Å². The first-order valence-electron chi connectivity index (χ1n) is 4.78. The van der Waals surface area contributed by atoms with E-state index in [2.05, 4.69) is 15.5 Å². The van der Waals surface area contributed by atoms with Gasteiger partial charge in [-0.1, -0.05) is 24.0 Å². The third kappa shape index (κ3) is 4.55. The van der Waals surface area contributed by atoms with E-state index in [0.717, 1.165) is 0 Å². The van der Waals surface area contributed by atoms with Crippen LogP contribution in [-0.4, -0.2) is 32.0 Å². The number of aryl methyl sites for hydroxylation is 1. The minimum Gasteiger partial charge on any atom is -0.592 e. The second-order valence-electron chi connectivity index (χ2n) is 3.18. The Bertz CT molecular complexity index is 455. The summed E-state index contributed by atoms with van der Waals surface area (Å²) in [5, 5.41) is 20.9. The fourth-order valence-corrected chi connectivity index (χ4v) is 1.33. The predicted molar refractivity (Wildman–Crippen MR) is 74.8 cm³/mol. The van der Waals surface area contributed by atoms with Gasteiger partial charge in [0.25, 0.3) is 5.75 Å². The second kappa shape index (κ2) is 8.44. The molecule has 5 nitrogen and oxygen atoms in total. The molecule has 0 aliphatic rings. The van der Waals surface area contributed by atoms with Gasteiger partial charge in [-0.25, -0.2) is 0 Å². The van der Waals surface area contributed by atoms with Crippen molar-refractivity contribution in [2.24, 2.45) is 5.10 Å². The van der Waals surface area contributed by atoms with Gasteiger partial charge in [-0.2, -0.15) is 5.10 Å². The number of hydrogen-bond acceptors (Lipinski definition) is 5. The van der Waals surface area contributed by atoms with Crippen LogP contribution in [0, 0.1) is 6.92 Å². The van der Waals surface area contributed by atoms with Crippen LogP contribution in [0.2, 0.25) is 0 Å². The Morgan fingerprint density at radius 2 is 2.39 bits per heavy atom. The van der Waals surface area contributed by atoms with E-state index in [4.69, 9.17) is 22.4 Å². The van der Waals surface area contributed by atoms with Crippen LogP contribution >= 0.6 is 24.0 Å². The summed E-state index contributed by atoms with van der Waals surface area (Å²) in [4.78, 5) is 4.01. The number of aromatic nitrogens is 1. The molecule has 0 spiro atoms. The largest absolute Gasteiger partial charge is 2.00 e. The van der Waals surface area contributed by atoms with Crippen LogP contribution < -0.4 is 5.43 Å². The average molecular weight is 336 g/mol. The number of rotatable bonds is 3. The molecule has 0 amide bonds. The molecule has 0 aliphatic carbocycles. The number of nitrogens with zero attached hydrogens (tertiary/aromatic N) is 2. The minimum absolute atomic E-state index is 0. The standard InChI is InChI=1S/C10H13N3O2S2.Cu/c1-6-9(15)8(7(5-14)3-11-6)4-12-13-10(16)17-2;/h3-4,14-15H,5H2,1-2H3,(H,13,16);/q;+2/p+1. The summed E-state index contributed by atoms with van der Waals surface area (Å²) >= 11 is 6.30. The van der Waals surface area contributed by atoms with Crippen LogP contribution in [0.3, 0.4) is 0 Å². The number of thioether (sulfide) groups is 1. The van der Waals surface area contributed by atoms with Crippen molar-refractivity contribution in [1.29, 1.82) is 0 Å². The van der Waals surface area contributed by atoms with Crippen molar-refractivity contribution in [2.75, 3.05) is 6.26 Å². The molecule has 1 rings (SSSR count). The van der Waals surface area contributed by atoms with Crippen molar-refractivity contribution in [1.82, 2.24) is 10.4 Å². The summed E-state index contributed by atoms with van der Waals surface area (Å²) in [6, 6.07) is 0. The Labute approximate surface area is 126 Å². The van der Waals surface area contributed by atoms with E-state index in [1.807, 2.05) is 6.26 Å². The van der Waals surface area contributed by atoms with Crippen molar-refractivity contribution in [2.45, 2.75) is 13.5 Å². The Hall–Kier alpha value is -0.661. The van der Waals surface area contributed by atoms with E-state index >= 15 is 0 Å². The number of aliphatic hydroxyl groups is 1. The van der Waals surface area contributed by atoms with Crippen molar-refractivity contribution in [3.05, 3.63) is 23.0 Å². The molecule has 0 unspecified atom stereocenters. The van der Waals surface area contributed by atoms with E-state index in [-0.39, 0.29) is 29.4 Å². The minimum atomic E-state index is -0.173. The van der Waals surface area contributed by atoms with Crippen molar-refractivity contribution >= 4 is 34.5 Å². The topological polar surface area (TPSA) is 80.4 Å². The van der Waals surface area contributed by atoms with Gasteiger partial charge in [-0.15, -0.1) is 0 Å². The van der Waals surface area contributed by atoms with Crippen molar-refractivity contribution in [3.63, 3.8) is 0 Å². The fraction of sp³-hybridized carbons (Fsp3) is 0.300. The monoisotopic (exact) mass is 335 g/mol. The molecule has 0 fully saturated rings. The van der Waals surface area contributed by atoms with Crippen molar-refractivity contribution < 1.29 is 27.3 Å². The summed E-state index contributed by atoms with van der Waals surface area (Å²) in [5.41, 5.74) is 4.37. The van der Waals surface area contributed by atoms with E-state index in [0.29, 0.717) is 21.1 Å². The summed E-state index contributed by atoms with van der Waals surface area (Å²) in [7, 11) is 0. The number of nitrogens with one attached hydrogen (secondary N) is 1. The number of aliphatic hydroxyl groups excluding tert-OH is 1. The molecule has 0 aromatic carbocycles. The molecule has 101 valence electrons. The van der Waals surface area contributed by atoms with Gasteiger partial charge in [-0.05, 0) is 13.2 Å². The molecular weight excluding hydrogens is 322 g/mol. The van der Waals surface area contributed by atoms with Gasteiger partial charge in [-0.3, -0.25) is 10.4 Å². The molecule has 1 heterocycles. The normalized spacial score (nSPS) is 10.2. The van der Waals surface area contributed by atoms with Crippen LogP contribution in [0.15, 0.2) is 11.3 Å². The molecule has 0 bridgehead atoms. The zero-order valence-corrected chi connectivity index (χ0v) is 12.4. The van der Waals surface area contributed by atoms with Gasteiger partial charge >= 0.3 is 17.1 Å². The zero-order valence-electron chi connectivity index (χ0n) is 9.82. The molecule has 1 aromatic rings. The molecule has 0 atom stereocenters. The van der Waals surface area contributed by atoms with Crippen molar-refractivity contribution in [3.8, 4) is 5.75 Å². The van der Waals surface area contributed by atoms with Crippen LogP contribution in [0.5, 0.6) is 5.75 Å². The maximum absolute atomic E-state index is 9.15. The predicted octanol–water partition coefficient (Wildman–Crippen LogP) is 0.889. The number of hydrogen-bond donors (Lipinski definition) is 2. The third-order valence-electron chi connectivity index (χ3n) is 2.10. The molecule has 1 aromatic heterocycles. The maximum Gasteiger partial charge on any atom is 2.00 e. The van der Waals surface area contributed by atoms with Crippen LogP contribution in [0.1, 0.15) is 16.8 Å². The van der Waals surface area contributed by atoms with E-state index in [1.165, 1.54) is 18.0 Å². The molecule has 8 heteroatoms. The molecule has 0 saturated heterocycles. The smallest absolute Gasteiger partial charge is 0.592 e. The summed E-state index contributed by atoms with van der Waals surface area (Å²) < 4.78 is 0.545. The van der Waals surface area contributed by atoms with E-state index in [9.17, 15) is 0 Å². The summed E-state index contributed by atoms with van der Waals surface area (Å²) in [5.74, 6) is 0.261. The average Bonchev–Trinajstić information content (AvgIpc) is 2.34. The van der Waals surface area contributed by atoms with Gasteiger partial charge in [0, 0.05) is 11.8 Å². The van der Waals surface area contributed by atoms with Gasteiger partial charge in [0.15, 0.2) is 4.32 Å². The Morgan fingerprint density at radius 3 is 2.94 bits per heavy atom. The van der Waals surface area contributed by atoms with E-state index in [1.54, 1.807) is 13.1 Å². The van der Waals surface area contributed by atoms with Crippen LogP contribution in [0.4, 0.5) is 0 Å². The zero-order chi connectivity index (χ0) is 12.8. The Morgan fingerprint density at radius 1 is 1.72 bits per heavy atom. The Kier molecular flexibility index (Phi) is 8.13. The molecule has 0 saturated carbocycles. The fourth-order valence-electron chi connectivity index (χ4n) is 1.13. The molecule has 1 radical (unpaired) electrons. The first kappa shape index (κ1) is 17.3. The van der Waals surface area contributed by atoms with Gasteiger partial charge in [0.1, 0.15) is 5.69 Å². The second-order valence-corrected chi connectivity index (χ2v) is 4.66. The molecular formula is C10H14CuN3O2S2+3. The Balaban J connectivity index is 0.00000289. The third-order valence-corrected chi connectivity index (χ3v) is 3.15. The first-order chi connectivity index (χ1) is 8.10. The van der Waals surface area contributed by atoms with Crippen LogP contribution in [0.25, 0.3) is 0 Å². The quantitative estimate of drug-likeness (QED) is 0.282.